The molecule has 0 aliphatic carbocycles. The van der Waals surface area contributed by atoms with E-state index in [-0.39, 0.29) is 0 Å². The van der Waals surface area contributed by atoms with E-state index in [1.165, 1.54) is 5.69 Å². The van der Waals surface area contributed by atoms with Crippen molar-refractivity contribution in [1.82, 2.24) is 0 Å². The summed E-state index contributed by atoms with van der Waals surface area (Å²) in [6.45, 7) is 1.96. The molecule has 0 bridgehead atoms. The fraction of sp³-hybridized carbons (Fsp3) is 0.400. The highest BCUT2D eigenvalue weighted by Gasteiger charge is 2.20. The van der Waals surface area contributed by atoms with Crippen LogP contribution in [0, 0.1) is 0 Å². The molecule has 0 amide bonds. The Morgan fingerprint density at radius 2 is 2.29 bits per heavy atom. The maximum atomic E-state index is 5.88. The topological polar surface area (TPSA) is 29.3 Å². The standard InChI is InChI=1S/C10H12BrClN2/c11-9-5-7(12)1-2-10(9)14-4-3-8(13)6-14/h1-2,5,8H,3-4,6,13H2. The van der Waals surface area contributed by atoms with Gasteiger partial charge in [0.1, 0.15) is 0 Å². The van der Waals surface area contributed by atoms with Crippen molar-refractivity contribution in [3.05, 3.63) is 27.7 Å². The molecular weight excluding hydrogens is 263 g/mol. The maximum absolute atomic E-state index is 5.88. The van der Waals surface area contributed by atoms with Crippen LogP contribution in [0.25, 0.3) is 0 Å². The quantitative estimate of drug-likeness (QED) is 0.854. The molecule has 0 aromatic heterocycles. The van der Waals surface area contributed by atoms with Gasteiger partial charge in [0.25, 0.3) is 0 Å². The van der Waals surface area contributed by atoms with Crippen molar-refractivity contribution in [2.24, 2.45) is 5.73 Å². The Morgan fingerprint density at radius 1 is 1.50 bits per heavy atom. The van der Waals surface area contributed by atoms with Crippen LogP contribution in [0.1, 0.15) is 6.42 Å². The minimum absolute atomic E-state index is 0.303. The minimum Gasteiger partial charge on any atom is -0.369 e. The van der Waals surface area contributed by atoms with Gasteiger partial charge in [-0.25, -0.2) is 0 Å². The lowest BCUT2D eigenvalue weighted by atomic mass is 10.3. The molecule has 1 unspecified atom stereocenters. The summed E-state index contributed by atoms with van der Waals surface area (Å²) in [5.74, 6) is 0. The zero-order valence-electron chi connectivity index (χ0n) is 7.71. The molecule has 1 heterocycles. The van der Waals surface area contributed by atoms with E-state index in [1.807, 2.05) is 18.2 Å². The predicted octanol–water partition coefficient (Wildman–Crippen LogP) is 2.64. The van der Waals surface area contributed by atoms with Crippen LogP contribution in [0.3, 0.4) is 0 Å². The second-order valence-electron chi connectivity index (χ2n) is 3.59. The molecule has 1 atom stereocenters. The van der Waals surface area contributed by atoms with Gasteiger partial charge in [0.05, 0.1) is 5.69 Å². The summed E-state index contributed by atoms with van der Waals surface area (Å²) >= 11 is 9.39. The Hall–Kier alpha value is -0.250. The van der Waals surface area contributed by atoms with E-state index in [0.717, 1.165) is 29.0 Å². The molecule has 4 heteroatoms. The average Bonchev–Trinajstić information content (AvgIpc) is 2.51. The van der Waals surface area contributed by atoms with Gasteiger partial charge < -0.3 is 10.6 Å². The summed E-state index contributed by atoms with van der Waals surface area (Å²) < 4.78 is 1.04. The lowest BCUT2D eigenvalue weighted by Crippen LogP contribution is -2.26. The van der Waals surface area contributed by atoms with Crippen LogP contribution in [-0.4, -0.2) is 19.1 Å². The normalized spacial score (nSPS) is 21.6. The van der Waals surface area contributed by atoms with Crippen molar-refractivity contribution < 1.29 is 0 Å². The van der Waals surface area contributed by atoms with Crippen molar-refractivity contribution in [1.29, 1.82) is 0 Å². The fourth-order valence-electron chi connectivity index (χ4n) is 1.74. The highest BCUT2D eigenvalue weighted by Crippen LogP contribution is 2.30. The molecule has 0 spiro atoms. The first-order valence-corrected chi connectivity index (χ1v) is 5.79. The van der Waals surface area contributed by atoms with Crippen molar-refractivity contribution >= 4 is 33.2 Å². The zero-order chi connectivity index (χ0) is 10.1. The smallest absolute Gasteiger partial charge is 0.0512 e. The average molecular weight is 276 g/mol. The Kier molecular flexibility index (Phi) is 3.00. The highest BCUT2D eigenvalue weighted by atomic mass is 79.9. The Labute approximate surface area is 97.2 Å². The van der Waals surface area contributed by atoms with E-state index in [2.05, 4.69) is 20.8 Å². The van der Waals surface area contributed by atoms with Gasteiger partial charge in [-0.05, 0) is 40.5 Å². The molecule has 0 radical (unpaired) electrons. The lowest BCUT2D eigenvalue weighted by molar-refractivity contribution is 0.752. The third-order valence-corrected chi connectivity index (χ3v) is 3.35. The molecule has 2 nitrogen and oxygen atoms in total. The molecule has 1 aliphatic rings. The van der Waals surface area contributed by atoms with Crippen LogP contribution in [0.15, 0.2) is 22.7 Å². The van der Waals surface area contributed by atoms with E-state index < -0.39 is 0 Å². The first-order valence-electron chi connectivity index (χ1n) is 4.62. The van der Waals surface area contributed by atoms with Gasteiger partial charge in [-0.15, -0.1) is 0 Å². The lowest BCUT2D eigenvalue weighted by Gasteiger charge is -2.19. The molecule has 1 fully saturated rings. The number of hydrogen-bond donors (Lipinski definition) is 1. The van der Waals surface area contributed by atoms with E-state index in [4.69, 9.17) is 17.3 Å². The predicted molar refractivity (Wildman–Crippen MR) is 64.0 cm³/mol. The fourth-order valence-corrected chi connectivity index (χ4v) is 2.68. The summed E-state index contributed by atoms with van der Waals surface area (Å²) in [6, 6.07) is 6.16. The van der Waals surface area contributed by atoms with E-state index in [9.17, 15) is 0 Å². The van der Waals surface area contributed by atoms with Gasteiger partial charge in [-0.2, -0.15) is 0 Å². The number of benzene rings is 1. The van der Waals surface area contributed by atoms with Gasteiger partial charge in [-0.1, -0.05) is 11.6 Å². The van der Waals surface area contributed by atoms with Gasteiger partial charge >= 0.3 is 0 Å². The summed E-state index contributed by atoms with van der Waals surface area (Å²) in [4.78, 5) is 2.28. The monoisotopic (exact) mass is 274 g/mol. The van der Waals surface area contributed by atoms with Crippen molar-refractivity contribution in [2.75, 3.05) is 18.0 Å². The highest BCUT2D eigenvalue weighted by molar-refractivity contribution is 9.10. The summed E-state index contributed by atoms with van der Waals surface area (Å²) in [5.41, 5.74) is 7.04. The third kappa shape index (κ3) is 2.05. The van der Waals surface area contributed by atoms with Crippen molar-refractivity contribution in [3.8, 4) is 0 Å². The van der Waals surface area contributed by atoms with Gasteiger partial charge in [0.2, 0.25) is 0 Å². The SMILES string of the molecule is NC1CCN(c2ccc(Cl)cc2Br)C1. The molecular formula is C10H12BrClN2. The molecule has 1 aromatic carbocycles. The molecule has 1 aliphatic heterocycles. The molecule has 76 valence electrons. The second kappa shape index (κ2) is 4.09. The van der Waals surface area contributed by atoms with E-state index in [1.54, 1.807) is 0 Å². The minimum atomic E-state index is 0.303. The first kappa shape index (κ1) is 10.3. The number of halogens is 2. The number of anilines is 1. The molecule has 0 saturated carbocycles. The molecule has 2 N–H and O–H groups in total. The van der Waals surface area contributed by atoms with Gasteiger partial charge in [-0.3, -0.25) is 0 Å². The largest absolute Gasteiger partial charge is 0.369 e. The first-order chi connectivity index (χ1) is 6.66. The van der Waals surface area contributed by atoms with Crippen LogP contribution in [0.2, 0.25) is 5.02 Å². The van der Waals surface area contributed by atoms with Crippen LogP contribution in [0.4, 0.5) is 5.69 Å². The molecule has 2 rings (SSSR count). The van der Waals surface area contributed by atoms with Crippen LogP contribution in [-0.2, 0) is 0 Å². The Morgan fingerprint density at radius 3 is 2.86 bits per heavy atom. The van der Waals surface area contributed by atoms with E-state index >= 15 is 0 Å². The van der Waals surface area contributed by atoms with Crippen molar-refractivity contribution in [3.63, 3.8) is 0 Å². The van der Waals surface area contributed by atoms with Gasteiger partial charge in [0.15, 0.2) is 0 Å². The number of rotatable bonds is 1. The zero-order valence-corrected chi connectivity index (χ0v) is 10.1. The molecule has 14 heavy (non-hydrogen) atoms. The Balaban J connectivity index is 2.24. The number of hydrogen-bond acceptors (Lipinski definition) is 2. The van der Waals surface area contributed by atoms with Gasteiger partial charge in [0, 0.05) is 28.6 Å². The van der Waals surface area contributed by atoms with E-state index in [0.29, 0.717) is 6.04 Å². The molecule has 1 aromatic rings. The third-order valence-electron chi connectivity index (χ3n) is 2.48. The number of nitrogens with zero attached hydrogens (tertiary/aromatic N) is 1. The number of nitrogens with two attached hydrogens (primary N) is 1. The summed E-state index contributed by atoms with van der Waals surface area (Å²) in [6.07, 6.45) is 1.06. The maximum Gasteiger partial charge on any atom is 0.0512 e. The summed E-state index contributed by atoms with van der Waals surface area (Å²) in [7, 11) is 0. The van der Waals surface area contributed by atoms with Crippen LogP contribution < -0.4 is 10.6 Å². The molecule has 1 saturated heterocycles. The Bertz CT molecular complexity index is 343. The van der Waals surface area contributed by atoms with Crippen LogP contribution in [0.5, 0.6) is 0 Å². The second-order valence-corrected chi connectivity index (χ2v) is 4.88. The van der Waals surface area contributed by atoms with Crippen molar-refractivity contribution in [2.45, 2.75) is 12.5 Å². The summed E-state index contributed by atoms with van der Waals surface area (Å²) in [5, 5.41) is 0.754. The van der Waals surface area contributed by atoms with Crippen LogP contribution >= 0.6 is 27.5 Å².